The van der Waals surface area contributed by atoms with Crippen molar-refractivity contribution >= 4 is 31.6 Å². The van der Waals surface area contributed by atoms with Gasteiger partial charge in [0.2, 0.25) is 0 Å². The summed E-state index contributed by atoms with van der Waals surface area (Å²) in [4.78, 5) is 11.5. The quantitative estimate of drug-likeness (QED) is 0.800. The van der Waals surface area contributed by atoms with E-state index in [4.69, 9.17) is 0 Å². The molecule has 0 fully saturated rings. The molecule has 0 spiro atoms. The predicted molar refractivity (Wildman–Crippen MR) is 62.9 cm³/mol. The van der Waals surface area contributed by atoms with Crippen LogP contribution in [0.15, 0.2) is 22.7 Å². The molecular weight excluding hydrogens is 280 g/mol. The minimum absolute atomic E-state index is 0.377. The average Bonchev–Trinajstić information content (AvgIpc) is 2.06. The third-order valence-electron chi connectivity index (χ3n) is 1.89. The molecule has 0 amide bonds. The summed E-state index contributed by atoms with van der Waals surface area (Å²) in [6, 6.07) is 5.05. The summed E-state index contributed by atoms with van der Waals surface area (Å²) in [5, 5.41) is 0. The van der Waals surface area contributed by atoms with Gasteiger partial charge in [0.15, 0.2) is 15.6 Å². The Bertz CT molecular complexity index is 491. The number of sulfone groups is 1. The number of hydrogen-bond acceptors (Lipinski definition) is 3. The van der Waals surface area contributed by atoms with Gasteiger partial charge in [-0.3, -0.25) is 4.79 Å². The molecule has 5 heteroatoms. The Hall–Kier alpha value is -0.680. The van der Waals surface area contributed by atoms with Gasteiger partial charge in [-0.15, -0.1) is 0 Å². The van der Waals surface area contributed by atoms with E-state index in [1.54, 1.807) is 18.2 Å². The molecule has 0 atom stereocenters. The van der Waals surface area contributed by atoms with Crippen molar-refractivity contribution in [2.24, 2.45) is 0 Å². The molecule has 0 radical (unpaired) electrons. The zero-order valence-electron chi connectivity index (χ0n) is 8.45. The molecular formula is C10H11BrO3S. The van der Waals surface area contributed by atoms with Crippen LogP contribution in [0, 0.1) is 6.92 Å². The lowest BCUT2D eigenvalue weighted by Gasteiger charge is -2.02. The Balaban J connectivity index is 2.98. The second kappa shape index (κ2) is 4.45. The van der Waals surface area contributed by atoms with E-state index in [9.17, 15) is 13.2 Å². The number of benzene rings is 1. The minimum Gasteiger partial charge on any atom is -0.293 e. The maximum atomic E-state index is 11.5. The lowest BCUT2D eigenvalue weighted by molar-refractivity contribution is 0.102. The van der Waals surface area contributed by atoms with Gasteiger partial charge in [0.25, 0.3) is 0 Å². The van der Waals surface area contributed by atoms with Gasteiger partial charge < -0.3 is 0 Å². The highest BCUT2D eigenvalue weighted by Crippen LogP contribution is 2.18. The normalized spacial score (nSPS) is 11.4. The molecule has 0 unspecified atom stereocenters. The first-order valence-electron chi connectivity index (χ1n) is 4.26. The SMILES string of the molecule is Cc1ccc(C(=O)CS(C)(=O)=O)cc1Br. The number of halogens is 1. The molecule has 0 aliphatic heterocycles. The van der Waals surface area contributed by atoms with Crippen molar-refractivity contribution in [1.82, 2.24) is 0 Å². The highest BCUT2D eigenvalue weighted by Gasteiger charge is 2.13. The van der Waals surface area contributed by atoms with Crippen LogP contribution in [0.2, 0.25) is 0 Å². The molecule has 0 aliphatic carbocycles. The van der Waals surface area contributed by atoms with E-state index in [-0.39, 0.29) is 5.78 Å². The molecule has 0 saturated carbocycles. The van der Waals surface area contributed by atoms with E-state index < -0.39 is 15.6 Å². The highest BCUT2D eigenvalue weighted by molar-refractivity contribution is 9.10. The highest BCUT2D eigenvalue weighted by atomic mass is 79.9. The molecule has 3 nitrogen and oxygen atoms in total. The Morgan fingerprint density at radius 3 is 2.47 bits per heavy atom. The summed E-state index contributed by atoms with van der Waals surface area (Å²) in [7, 11) is -3.26. The van der Waals surface area contributed by atoms with Crippen LogP contribution in [0.5, 0.6) is 0 Å². The van der Waals surface area contributed by atoms with Crippen LogP contribution >= 0.6 is 15.9 Å². The van der Waals surface area contributed by atoms with Crippen LogP contribution in [0.1, 0.15) is 15.9 Å². The second-order valence-electron chi connectivity index (χ2n) is 3.46. The Morgan fingerprint density at radius 2 is 2.00 bits per heavy atom. The fraction of sp³-hybridized carbons (Fsp3) is 0.300. The molecule has 15 heavy (non-hydrogen) atoms. The third-order valence-corrected chi connectivity index (χ3v) is 3.53. The molecule has 0 aromatic heterocycles. The summed E-state index contributed by atoms with van der Waals surface area (Å²) >= 11 is 3.29. The Labute approximate surface area is 97.5 Å². The van der Waals surface area contributed by atoms with Gasteiger partial charge in [0, 0.05) is 16.3 Å². The smallest absolute Gasteiger partial charge is 0.177 e. The minimum atomic E-state index is -3.26. The second-order valence-corrected chi connectivity index (χ2v) is 6.45. The largest absolute Gasteiger partial charge is 0.293 e. The van der Waals surface area contributed by atoms with E-state index in [1.165, 1.54) is 0 Å². The lowest BCUT2D eigenvalue weighted by atomic mass is 10.1. The molecule has 1 aromatic rings. The summed E-state index contributed by atoms with van der Waals surface area (Å²) in [6.07, 6.45) is 1.05. The van der Waals surface area contributed by atoms with Gasteiger partial charge in [0.1, 0.15) is 5.75 Å². The van der Waals surface area contributed by atoms with Crippen LogP contribution in [-0.2, 0) is 9.84 Å². The molecule has 1 aromatic carbocycles. The van der Waals surface area contributed by atoms with Gasteiger partial charge in [-0.2, -0.15) is 0 Å². The first-order valence-corrected chi connectivity index (χ1v) is 7.12. The molecule has 1 rings (SSSR count). The van der Waals surface area contributed by atoms with Crippen molar-refractivity contribution in [3.8, 4) is 0 Å². The topological polar surface area (TPSA) is 51.2 Å². The number of carbonyl (C=O) groups is 1. The molecule has 0 saturated heterocycles. The summed E-state index contributed by atoms with van der Waals surface area (Å²) in [5.41, 5.74) is 1.42. The zero-order chi connectivity index (χ0) is 11.6. The number of aryl methyl sites for hydroxylation is 1. The number of carbonyl (C=O) groups excluding carboxylic acids is 1. The standard InChI is InChI=1S/C10H11BrO3S/c1-7-3-4-8(5-9(7)11)10(12)6-15(2,13)14/h3-5H,6H2,1-2H3. The number of hydrogen-bond donors (Lipinski definition) is 0. The zero-order valence-corrected chi connectivity index (χ0v) is 10.9. The van der Waals surface area contributed by atoms with Gasteiger partial charge in [0.05, 0.1) is 0 Å². The van der Waals surface area contributed by atoms with E-state index >= 15 is 0 Å². The molecule has 0 bridgehead atoms. The maximum absolute atomic E-state index is 11.5. The average molecular weight is 291 g/mol. The van der Waals surface area contributed by atoms with E-state index in [1.807, 2.05) is 6.92 Å². The molecule has 0 N–H and O–H groups in total. The molecule has 0 aliphatic rings. The number of rotatable bonds is 3. The maximum Gasteiger partial charge on any atom is 0.177 e. The Morgan fingerprint density at radius 1 is 1.40 bits per heavy atom. The third kappa shape index (κ3) is 3.76. The first kappa shape index (κ1) is 12.4. The van der Waals surface area contributed by atoms with Crippen LogP contribution in [0.3, 0.4) is 0 Å². The summed E-state index contributed by atoms with van der Waals surface area (Å²) < 4.78 is 22.7. The van der Waals surface area contributed by atoms with Crippen LogP contribution in [0.25, 0.3) is 0 Å². The van der Waals surface area contributed by atoms with Gasteiger partial charge in [-0.25, -0.2) is 8.42 Å². The van der Waals surface area contributed by atoms with E-state index in [2.05, 4.69) is 15.9 Å². The van der Waals surface area contributed by atoms with Crippen molar-refractivity contribution in [2.45, 2.75) is 6.92 Å². The first-order chi connectivity index (χ1) is 6.79. The van der Waals surface area contributed by atoms with Crippen molar-refractivity contribution in [3.63, 3.8) is 0 Å². The van der Waals surface area contributed by atoms with E-state index in [0.717, 1.165) is 16.3 Å². The summed E-state index contributed by atoms with van der Waals surface area (Å²) in [5.74, 6) is -0.819. The van der Waals surface area contributed by atoms with Gasteiger partial charge in [-0.1, -0.05) is 28.1 Å². The van der Waals surface area contributed by atoms with Crippen LogP contribution in [-0.4, -0.2) is 26.2 Å². The van der Waals surface area contributed by atoms with Crippen molar-refractivity contribution < 1.29 is 13.2 Å². The van der Waals surface area contributed by atoms with Crippen molar-refractivity contribution in [1.29, 1.82) is 0 Å². The Kier molecular flexibility index (Phi) is 3.67. The molecule has 82 valence electrons. The fourth-order valence-electron chi connectivity index (χ4n) is 1.09. The van der Waals surface area contributed by atoms with Gasteiger partial charge >= 0.3 is 0 Å². The number of Topliss-reactive ketones (excluding diaryl/α,β-unsaturated/α-hetero) is 1. The van der Waals surface area contributed by atoms with Crippen LogP contribution in [0.4, 0.5) is 0 Å². The predicted octanol–water partition coefficient (Wildman–Crippen LogP) is 1.98. The van der Waals surface area contributed by atoms with Gasteiger partial charge in [-0.05, 0) is 18.6 Å². The van der Waals surface area contributed by atoms with Crippen molar-refractivity contribution in [3.05, 3.63) is 33.8 Å². The van der Waals surface area contributed by atoms with Crippen molar-refractivity contribution in [2.75, 3.05) is 12.0 Å². The molecule has 0 heterocycles. The fourth-order valence-corrected chi connectivity index (χ4v) is 2.11. The summed E-state index contributed by atoms with van der Waals surface area (Å²) in [6.45, 7) is 1.90. The lowest BCUT2D eigenvalue weighted by Crippen LogP contribution is -2.14. The number of ketones is 1. The van der Waals surface area contributed by atoms with E-state index in [0.29, 0.717) is 5.56 Å². The monoisotopic (exact) mass is 290 g/mol. The van der Waals surface area contributed by atoms with Crippen LogP contribution < -0.4 is 0 Å².